The number of thioether (sulfide) groups is 1. The maximum absolute atomic E-state index is 12.6. The van der Waals surface area contributed by atoms with E-state index in [1.807, 2.05) is 84.9 Å². The van der Waals surface area contributed by atoms with Gasteiger partial charge in [-0.3, -0.25) is 4.79 Å². The smallest absolute Gasteiger partial charge is 0.234 e. The summed E-state index contributed by atoms with van der Waals surface area (Å²) in [4.78, 5) is 17.3. The molecule has 0 fully saturated rings. The SMILES string of the molecule is COc1ccc(-c2cc(-c3ccc(OC)cc3)c(C#N)c(SCC(=O)Nc3ccccc3)n2)cc1. The molecule has 0 aliphatic carbocycles. The molecule has 6 nitrogen and oxygen atoms in total. The van der Waals surface area contributed by atoms with Crippen LogP contribution in [0.25, 0.3) is 22.4 Å². The normalized spacial score (nSPS) is 10.3. The summed E-state index contributed by atoms with van der Waals surface area (Å²) in [7, 11) is 3.23. The number of nitriles is 1. The van der Waals surface area contributed by atoms with Crippen LogP contribution < -0.4 is 14.8 Å². The number of hydrogen-bond donors (Lipinski definition) is 1. The van der Waals surface area contributed by atoms with Crippen molar-refractivity contribution < 1.29 is 14.3 Å². The second-order valence-corrected chi connectivity index (χ2v) is 8.47. The zero-order valence-electron chi connectivity index (χ0n) is 19.3. The molecular formula is C28H23N3O3S. The van der Waals surface area contributed by atoms with E-state index in [4.69, 9.17) is 14.5 Å². The molecule has 0 saturated carbocycles. The lowest BCUT2D eigenvalue weighted by Crippen LogP contribution is -2.14. The fraction of sp³-hybridized carbons (Fsp3) is 0.107. The molecule has 0 radical (unpaired) electrons. The molecule has 0 aliphatic rings. The van der Waals surface area contributed by atoms with E-state index in [2.05, 4.69) is 11.4 Å². The van der Waals surface area contributed by atoms with E-state index in [1.165, 1.54) is 11.8 Å². The molecule has 35 heavy (non-hydrogen) atoms. The summed E-state index contributed by atoms with van der Waals surface area (Å²) < 4.78 is 10.5. The summed E-state index contributed by atoms with van der Waals surface area (Å²) in [6.45, 7) is 0. The number of anilines is 1. The van der Waals surface area contributed by atoms with Crippen molar-refractivity contribution in [1.82, 2.24) is 4.98 Å². The second kappa shape index (κ2) is 11.2. The van der Waals surface area contributed by atoms with Gasteiger partial charge in [-0.15, -0.1) is 0 Å². The molecule has 7 heteroatoms. The Morgan fingerprint density at radius 1 is 0.914 bits per heavy atom. The number of carbonyl (C=O) groups is 1. The predicted molar refractivity (Wildman–Crippen MR) is 139 cm³/mol. The third kappa shape index (κ3) is 5.81. The number of ether oxygens (including phenoxy) is 2. The van der Waals surface area contributed by atoms with Gasteiger partial charge in [-0.05, 0) is 60.2 Å². The molecule has 1 amide bonds. The van der Waals surface area contributed by atoms with E-state index < -0.39 is 0 Å². The Hall–Kier alpha value is -4.28. The van der Waals surface area contributed by atoms with Gasteiger partial charge < -0.3 is 14.8 Å². The second-order valence-electron chi connectivity index (χ2n) is 7.51. The highest BCUT2D eigenvalue weighted by Crippen LogP contribution is 2.35. The fourth-order valence-corrected chi connectivity index (χ4v) is 4.30. The van der Waals surface area contributed by atoms with Gasteiger partial charge in [-0.1, -0.05) is 42.1 Å². The van der Waals surface area contributed by atoms with Gasteiger partial charge >= 0.3 is 0 Å². The van der Waals surface area contributed by atoms with E-state index in [1.54, 1.807) is 14.2 Å². The lowest BCUT2D eigenvalue weighted by atomic mass is 9.99. The number of para-hydroxylation sites is 1. The van der Waals surface area contributed by atoms with Gasteiger partial charge in [0.2, 0.25) is 5.91 Å². The van der Waals surface area contributed by atoms with Crippen molar-refractivity contribution in [3.63, 3.8) is 0 Å². The van der Waals surface area contributed by atoms with E-state index >= 15 is 0 Å². The van der Waals surface area contributed by atoms with Crippen LogP contribution in [0.3, 0.4) is 0 Å². The van der Waals surface area contributed by atoms with Crippen LogP contribution in [0.1, 0.15) is 5.56 Å². The third-order valence-corrected chi connectivity index (χ3v) is 6.26. The highest BCUT2D eigenvalue weighted by atomic mass is 32.2. The van der Waals surface area contributed by atoms with Crippen LogP contribution >= 0.6 is 11.8 Å². The van der Waals surface area contributed by atoms with Crippen molar-refractivity contribution in [2.45, 2.75) is 5.03 Å². The zero-order chi connectivity index (χ0) is 24.6. The standard InChI is InChI=1S/C28H23N3O3S/c1-33-22-12-8-19(9-13-22)24-16-26(20-10-14-23(34-2)15-11-20)31-28(25(24)17-29)35-18-27(32)30-21-6-4-3-5-7-21/h3-16H,18H2,1-2H3,(H,30,32). The molecule has 4 rings (SSSR count). The number of benzene rings is 3. The molecule has 0 bridgehead atoms. The average Bonchev–Trinajstić information content (AvgIpc) is 2.92. The Morgan fingerprint density at radius 2 is 1.51 bits per heavy atom. The van der Waals surface area contributed by atoms with Crippen LogP contribution in [0, 0.1) is 11.3 Å². The van der Waals surface area contributed by atoms with Crippen molar-refractivity contribution in [2.75, 3.05) is 25.3 Å². The molecule has 0 aliphatic heterocycles. The van der Waals surface area contributed by atoms with E-state index in [-0.39, 0.29) is 11.7 Å². The maximum Gasteiger partial charge on any atom is 0.234 e. The minimum Gasteiger partial charge on any atom is -0.497 e. The van der Waals surface area contributed by atoms with Crippen LogP contribution in [-0.2, 0) is 4.79 Å². The summed E-state index contributed by atoms with van der Waals surface area (Å²) in [6, 6.07) is 28.5. The molecule has 174 valence electrons. The highest BCUT2D eigenvalue weighted by Gasteiger charge is 2.17. The number of nitrogens with zero attached hydrogens (tertiary/aromatic N) is 2. The van der Waals surface area contributed by atoms with Crippen molar-refractivity contribution in [3.05, 3.63) is 90.5 Å². The van der Waals surface area contributed by atoms with Crippen LogP contribution in [0.15, 0.2) is 90.0 Å². The summed E-state index contributed by atoms with van der Waals surface area (Å²) >= 11 is 1.24. The summed E-state index contributed by atoms with van der Waals surface area (Å²) in [5, 5.41) is 13.4. The maximum atomic E-state index is 12.6. The van der Waals surface area contributed by atoms with Crippen molar-refractivity contribution in [1.29, 1.82) is 5.26 Å². The number of rotatable bonds is 8. The van der Waals surface area contributed by atoms with Crippen LogP contribution in [0.2, 0.25) is 0 Å². The van der Waals surface area contributed by atoms with Crippen molar-refractivity contribution >= 4 is 23.4 Å². The van der Waals surface area contributed by atoms with Crippen LogP contribution in [-0.4, -0.2) is 30.9 Å². The lowest BCUT2D eigenvalue weighted by Gasteiger charge is -2.13. The average molecular weight is 482 g/mol. The number of amides is 1. The number of hydrogen-bond acceptors (Lipinski definition) is 6. The molecular weight excluding hydrogens is 458 g/mol. The lowest BCUT2D eigenvalue weighted by molar-refractivity contribution is -0.113. The Labute approximate surface area is 208 Å². The summed E-state index contributed by atoms with van der Waals surface area (Å²) in [6.07, 6.45) is 0. The molecule has 1 N–H and O–H groups in total. The predicted octanol–water partition coefficient (Wildman–Crippen LogP) is 6.04. The topological polar surface area (TPSA) is 84.2 Å². The third-order valence-electron chi connectivity index (χ3n) is 5.28. The molecule has 1 aromatic heterocycles. The van der Waals surface area contributed by atoms with Crippen molar-refractivity contribution in [3.8, 4) is 40.0 Å². The summed E-state index contributed by atoms with van der Waals surface area (Å²) in [5.74, 6) is 1.41. The zero-order valence-corrected chi connectivity index (χ0v) is 20.1. The first-order chi connectivity index (χ1) is 17.1. The first-order valence-electron chi connectivity index (χ1n) is 10.8. The van der Waals surface area contributed by atoms with E-state index in [0.29, 0.717) is 16.3 Å². The molecule has 0 unspecified atom stereocenters. The van der Waals surface area contributed by atoms with E-state index in [0.717, 1.165) is 33.9 Å². The quantitative estimate of drug-likeness (QED) is 0.309. The molecule has 0 atom stereocenters. The van der Waals surface area contributed by atoms with Gasteiger partial charge in [-0.2, -0.15) is 5.26 Å². The highest BCUT2D eigenvalue weighted by molar-refractivity contribution is 8.00. The van der Waals surface area contributed by atoms with Crippen LogP contribution in [0.5, 0.6) is 11.5 Å². The molecule has 1 heterocycles. The molecule has 0 spiro atoms. The number of carbonyl (C=O) groups excluding carboxylic acids is 1. The fourth-order valence-electron chi connectivity index (χ4n) is 3.49. The Balaban J connectivity index is 1.71. The molecule has 4 aromatic rings. The van der Waals surface area contributed by atoms with Gasteiger partial charge in [0.1, 0.15) is 22.6 Å². The summed E-state index contributed by atoms with van der Waals surface area (Å²) in [5.41, 5.74) is 4.31. The Kier molecular flexibility index (Phi) is 7.66. The molecule has 0 saturated heterocycles. The Morgan fingerprint density at radius 3 is 2.09 bits per heavy atom. The number of aromatic nitrogens is 1. The molecule has 3 aromatic carbocycles. The van der Waals surface area contributed by atoms with Gasteiger partial charge in [0, 0.05) is 16.8 Å². The first-order valence-corrected chi connectivity index (χ1v) is 11.8. The van der Waals surface area contributed by atoms with Gasteiger partial charge in [-0.25, -0.2) is 4.98 Å². The Bertz CT molecular complexity index is 1350. The van der Waals surface area contributed by atoms with Crippen molar-refractivity contribution in [2.24, 2.45) is 0 Å². The number of methoxy groups -OCH3 is 2. The number of nitrogens with one attached hydrogen (secondary N) is 1. The van der Waals surface area contributed by atoms with E-state index in [9.17, 15) is 10.1 Å². The monoisotopic (exact) mass is 481 g/mol. The first kappa shape index (κ1) is 23.9. The largest absolute Gasteiger partial charge is 0.497 e. The minimum atomic E-state index is -0.173. The van der Waals surface area contributed by atoms with Gasteiger partial charge in [0.05, 0.1) is 31.2 Å². The van der Waals surface area contributed by atoms with Crippen LogP contribution in [0.4, 0.5) is 5.69 Å². The van der Waals surface area contributed by atoms with Gasteiger partial charge in [0.25, 0.3) is 0 Å². The minimum absolute atomic E-state index is 0.116. The van der Waals surface area contributed by atoms with Gasteiger partial charge in [0.15, 0.2) is 0 Å². The number of pyridine rings is 1.